The van der Waals surface area contributed by atoms with Crippen molar-refractivity contribution in [3.8, 4) is 5.75 Å². The molecule has 0 unspecified atom stereocenters. The Hall–Kier alpha value is -1.42. The van der Waals surface area contributed by atoms with Crippen LogP contribution in [0.1, 0.15) is 5.69 Å². The first kappa shape index (κ1) is 10.1. The lowest BCUT2D eigenvalue weighted by molar-refractivity contribution is 0.387. The SMILES string of the molecule is COc1cc2nc(C)c(Cl)nc2cc1F. The number of benzene rings is 1. The molecule has 0 radical (unpaired) electrons. The van der Waals surface area contributed by atoms with Gasteiger partial charge in [-0.15, -0.1) is 0 Å². The number of halogens is 2. The lowest BCUT2D eigenvalue weighted by Gasteiger charge is -2.04. The first-order valence-corrected chi connectivity index (χ1v) is 4.67. The van der Waals surface area contributed by atoms with Gasteiger partial charge < -0.3 is 4.74 Å². The van der Waals surface area contributed by atoms with Crippen LogP contribution >= 0.6 is 11.6 Å². The molecular formula is C10H8ClFN2O. The maximum absolute atomic E-state index is 13.3. The van der Waals surface area contributed by atoms with Gasteiger partial charge in [0, 0.05) is 12.1 Å². The van der Waals surface area contributed by atoms with Gasteiger partial charge in [0.15, 0.2) is 16.7 Å². The average Bonchev–Trinajstić information content (AvgIpc) is 2.20. The molecule has 1 aromatic carbocycles. The summed E-state index contributed by atoms with van der Waals surface area (Å²) in [4.78, 5) is 8.20. The second-order valence-corrected chi connectivity index (χ2v) is 3.43. The maximum Gasteiger partial charge on any atom is 0.167 e. The third-order valence-corrected chi connectivity index (χ3v) is 2.41. The molecular weight excluding hydrogens is 219 g/mol. The molecule has 2 aromatic rings. The Kier molecular flexibility index (Phi) is 2.44. The Morgan fingerprint density at radius 1 is 1.27 bits per heavy atom. The molecule has 0 bridgehead atoms. The number of aryl methyl sites for hydroxylation is 1. The van der Waals surface area contributed by atoms with Crippen molar-refractivity contribution in [2.24, 2.45) is 0 Å². The zero-order chi connectivity index (χ0) is 11.0. The van der Waals surface area contributed by atoms with E-state index < -0.39 is 5.82 Å². The minimum Gasteiger partial charge on any atom is -0.494 e. The number of nitrogens with zero attached hydrogens (tertiary/aromatic N) is 2. The van der Waals surface area contributed by atoms with Crippen LogP contribution in [0.5, 0.6) is 5.75 Å². The first-order chi connectivity index (χ1) is 7.11. The van der Waals surface area contributed by atoms with Crippen molar-refractivity contribution in [1.82, 2.24) is 9.97 Å². The predicted molar refractivity (Wildman–Crippen MR) is 55.8 cm³/mol. The van der Waals surface area contributed by atoms with Gasteiger partial charge in [-0.1, -0.05) is 11.6 Å². The fourth-order valence-corrected chi connectivity index (χ4v) is 1.41. The Labute approximate surface area is 90.9 Å². The minimum atomic E-state index is -0.473. The summed E-state index contributed by atoms with van der Waals surface area (Å²) in [5.41, 5.74) is 1.59. The van der Waals surface area contributed by atoms with E-state index in [1.54, 1.807) is 6.92 Å². The molecule has 78 valence electrons. The number of aromatic nitrogens is 2. The lowest BCUT2D eigenvalue weighted by Crippen LogP contribution is -1.94. The summed E-state index contributed by atoms with van der Waals surface area (Å²) < 4.78 is 18.2. The van der Waals surface area contributed by atoms with Gasteiger partial charge in [-0.25, -0.2) is 14.4 Å². The van der Waals surface area contributed by atoms with Gasteiger partial charge >= 0.3 is 0 Å². The van der Waals surface area contributed by atoms with Crippen molar-refractivity contribution >= 4 is 22.6 Å². The van der Waals surface area contributed by atoms with Gasteiger partial charge in [0.25, 0.3) is 0 Å². The molecule has 0 spiro atoms. The van der Waals surface area contributed by atoms with Gasteiger partial charge in [-0.05, 0) is 6.92 Å². The molecule has 0 atom stereocenters. The van der Waals surface area contributed by atoms with Crippen molar-refractivity contribution in [3.63, 3.8) is 0 Å². The molecule has 1 heterocycles. The van der Waals surface area contributed by atoms with E-state index >= 15 is 0 Å². The largest absolute Gasteiger partial charge is 0.494 e. The fourth-order valence-electron chi connectivity index (χ4n) is 1.28. The van der Waals surface area contributed by atoms with Crippen LogP contribution in [0.15, 0.2) is 12.1 Å². The van der Waals surface area contributed by atoms with E-state index in [0.717, 1.165) is 0 Å². The smallest absolute Gasteiger partial charge is 0.167 e. The van der Waals surface area contributed by atoms with Crippen LogP contribution in [0.4, 0.5) is 4.39 Å². The van der Waals surface area contributed by atoms with Crippen LogP contribution in [0.2, 0.25) is 5.15 Å². The van der Waals surface area contributed by atoms with E-state index in [1.807, 2.05) is 0 Å². The van der Waals surface area contributed by atoms with Crippen molar-refractivity contribution in [2.75, 3.05) is 7.11 Å². The van der Waals surface area contributed by atoms with E-state index in [2.05, 4.69) is 9.97 Å². The molecule has 0 aliphatic heterocycles. The van der Waals surface area contributed by atoms with Crippen LogP contribution in [0.25, 0.3) is 11.0 Å². The van der Waals surface area contributed by atoms with E-state index in [9.17, 15) is 4.39 Å². The van der Waals surface area contributed by atoms with Crippen molar-refractivity contribution in [2.45, 2.75) is 6.92 Å². The van der Waals surface area contributed by atoms with Crippen molar-refractivity contribution < 1.29 is 9.13 Å². The molecule has 1 aromatic heterocycles. The number of fused-ring (bicyclic) bond motifs is 1. The summed E-state index contributed by atoms with van der Waals surface area (Å²) in [5.74, 6) is -0.322. The summed E-state index contributed by atoms with van der Waals surface area (Å²) in [6.07, 6.45) is 0. The molecule has 0 aliphatic carbocycles. The van der Waals surface area contributed by atoms with Gasteiger partial charge in [-0.2, -0.15) is 0 Å². The Bertz CT molecular complexity index is 530. The number of hydrogen-bond acceptors (Lipinski definition) is 3. The summed E-state index contributed by atoms with van der Waals surface area (Å²) in [6, 6.07) is 2.76. The van der Waals surface area contributed by atoms with E-state index in [1.165, 1.54) is 19.2 Å². The fraction of sp³-hybridized carbons (Fsp3) is 0.200. The summed E-state index contributed by atoms with van der Waals surface area (Å²) in [6.45, 7) is 1.74. The monoisotopic (exact) mass is 226 g/mol. The standard InChI is InChI=1S/C10H8ClFN2O/c1-5-10(11)14-7-3-6(12)9(15-2)4-8(7)13-5/h3-4H,1-2H3. The molecule has 15 heavy (non-hydrogen) atoms. The zero-order valence-electron chi connectivity index (χ0n) is 8.21. The zero-order valence-corrected chi connectivity index (χ0v) is 8.97. The highest BCUT2D eigenvalue weighted by Crippen LogP contribution is 2.24. The van der Waals surface area contributed by atoms with Gasteiger partial charge in [0.05, 0.1) is 23.8 Å². The normalized spacial score (nSPS) is 10.7. The Morgan fingerprint density at radius 2 is 1.93 bits per heavy atom. The molecule has 2 rings (SSSR count). The second-order valence-electron chi connectivity index (χ2n) is 3.08. The number of rotatable bonds is 1. The lowest BCUT2D eigenvalue weighted by atomic mass is 10.2. The molecule has 0 saturated carbocycles. The quantitative estimate of drug-likeness (QED) is 0.750. The van der Waals surface area contributed by atoms with Crippen LogP contribution in [-0.4, -0.2) is 17.1 Å². The summed E-state index contributed by atoms with van der Waals surface area (Å²) in [5, 5.41) is 0.284. The third-order valence-electron chi connectivity index (χ3n) is 2.05. The number of methoxy groups -OCH3 is 1. The van der Waals surface area contributed by atoms with Crippen LogP contribution in [-0.2, 0) is 0 Å². The van der Waals surface area contributed by atoms with Gasteiger partial charge in [-0.3, -0.25) is 0 Å². The Morgan fingerprint density at radius 3 is 2.60 bits per heavy atom. The Balaban J connectivity index is 2.76. The highest BCUT2D eigenvalue weighted by Gasteiger charge is 2.08. The maximum atomic E-state index is 13.3. The van der Waals surface area contributed by atoms with Crippen LogP contribution in [0.3, 0.4) is 0 Å². The topological polar surface area (TPSA) is 35.0 Å². The average molecular weight is 227 g/mol. The number of ether oxygens (including phenoxy) is 1. The minimum absolute atomic E-state index is 0.151. The molecule has 5 heteroatoms. The van der Waals surface area contributed by atoms with Crippen molar-refractivity contribution in [3.05, 3.63) is 28.8 Å². The first-order valence-electron chi connectivity index (χ1n) is 4.29. The third kappa shape index (κ3) is 1.72. The van der Waals surface area contributed by atoms with Crippen molar-refractivity contribution in [1.29, 1.82) is 0 Å². The van der Waals surface area contributed by atoms with Gasteiger partial charge in [0.1, 0.15) is 0 Å². The summed E-state index contributed by atoms with van der Waals surface area (Å²) >= 11 is 5.79. The van der Waals surface area contributed by atoms with E-state index in [4.69, 9.17) is 16.3 Å². The highest BCUT2D eigenvalue weighted by molar-refractivity contribution is 6.30. The predicted octanol–water partition coefficient (Wildman–Crippen LogP) is 2.74. The summed E-state index contributed by atoms with van der Waals surface area (Å²) in [7, 11) is 1.40. The van der Waals surface area contributed by atoms with Crippen LogP contribution < -0.4 is 4.74 Å². The molecule has 0 N–H and O–H groups in total. The molecule has 0 aliphatic rings. The molecule has 0 saturated heterocycles. The number of hydrogen-bond donors (Lipinski definition) is 0. The van der Waals surface area contributed by atoms with Crippen LogP contribution in [0, 0.1) is 12.7 Å². The van der Waals surface area contributed by atoms with E-state index in [-0.39, 0.29) is 10.9 Å². The molecule has 3 nitrogen and oxygen atoms in total. The second kappa shape index (κ2) is 3.62. The van der Waals surface area contributed by atoms with E-state index in [0.29, 0.717) is 16.7 Å². The molecule has 0 fully saturated rings. The van der Waals surface area contributed by atoms with Gasteiger partial charge in [0.2, 0.25) is 0 Å². The highest BCUT2D eigenvalue weighted by atomic mass is 35.5. The molecule has 0 amide bonds.